The van der Waals surface area contributed by atoms with Gasteiger partial charge in [0, 0.05) is 13.0 Å². The maximum atomic E-state index is 13.1. The molecule has 1 aliphatic rings. The van der Waals surface area contributed by atoms with E-state index in [4.69, 9.17) is 0 Å². The van der Waals surface area contributed by atoms with Crippen molar-refractivity contribution in [3.8, 4) is 0 Å². The second-order valence-corrected chi connectivity index (χ2v) is 10.6. The molecule has 1 aliphatic heterocycles. The molecule has 156 valence electrons. The summed E-state index contributed by atoms with van der Waals surface area (Å²) in [4.78, 5) is 4.32. The number of aryl methyl sites for hydroxylation is 2. The molecule has 0 amide bonds. The normalized spacial score (nSPS) is 14.6. The lowest BCUT2D eigenvalue weighted by Gasteiger charge is -2.17. The average molecular weight is 436 g/mol. The Balaban J connectivity index is 1.95. The lowest BCUT2D eigenvalue weighted by Crippen LogP contribution is -2.29. The molecule has 2 aromatic carbocycles. The first-order chi connectivity index (χ1) is 13.5. The van der Waals surface area contributed by atoms with E-state index >= 15 is 0 Å². The van der Waals surface area contributed by atoms with Crippen LogP contribution in [0.5, 0.6) is 0 Å². The summed E-state index contributed by atoms with van der Waals surface area (Å²) >= 11 is 0. The summed E-state index contributed by atoms with van der Waals surface area (Å²) in [6.45, 7) is 7.87. The van der Waals surface area contributed by atoms with Crippen molar-refractivity contribution in [2.75, 3.05) is 11.3 Å². The molecule has 9 heteroatoms. The van der Waals surface area contributed by atoms with Crippen LogP contribution in [-0.4, -0.2) is 29.2 Å². The molecule has 1 heterocycles. The standard InChI is InChI=1S/C20H25N3O4S2/c1-13-11-14(2)16(4)20(15(13)3)29(26,27)22-17-7-5-8-18(12-17)28(24,25)23-19-9-6-10-21-19/h5,7-8,11-12,22H,6,9-10H2,1-4H3,(H,21,23). The number of hydrogen-bond donors (Lipinski definition) is 2. The van der Waals surface area contributed by atoms with Crippen molar-refractivity contribution in [2.24, 2.45) is 4.99 Å². The van der Waals surface area contributed by atoms with Crippen molar-refractivity contribution >= 4 is 31.6 Å². The highest BCUT2D eigenvalue weighted by Crippen LogP contribution is 2.28. The number of aliphatic imine (C=N–C) groups is 1. The first kappa shape index (κ1) is 21.3. The fourth-order valence-electron chi connectivity index (χ4n) is 3.35. The van der Waals surface area contributed by atoms with Gasteiger partial charge < -0.3 is 0 Å². The van der Waals surface area contributed by atoms with Crippen molar-refractivity contribution in [1.29, 1.82) is 0 Å². The Hall–Kier alpha value is -2.39. The largest absolute Gasteiger partial charge is 0.280 e. The van der Waals surface area contributed by atoms with Crippen molar-refractivity contribution in [3.63, 3.8) is 0 Å². The minimum atomic E-state index is -3.89. The van der Waals surface area contributed by atoms with Crippen LogP contribution >= 0.6 is 0 Å². The number of sulfonamides is 2. The third-order valence-electron chi connectivity index (χ3n) is 5.09. The zero-order valence-electron chi connectivity index (χ0n) is 16.9. The molecular weight excluding hydrogens is 410 g/mol. The predicted octanol–water partition coefficient (Wildman–Crippen LogP) is 3.19. The van der Waals surface area contributed by atoms with Crippen LogP contribution in [0.1, 0.15) is 35.1 Å². The molecule has 0 bridgehead atoms. The third kappa shape index (κ3) is 4.45. The van der Waals surface area contributed by atoms with Gasteiger partial charge in [0.2, 0.25) is 0 Å². The predicted molar refractivity (Wildman–Crippen MR) is 114 cm³/mol. The maximum Gasteiger partial charge on any atom is 0.262 e. The van der Waals surface area contributed by atoms with Crippen LogP contribution in [0, 0.1) is 27.7 Å². The van der Waals surface area contributed by atoms with E-state index in [0.29, 0.717) is 29.9 Å². The van der Waals surface area contributed by atoms with Gasteiger partial charge in [-0.1, -0.05) is 12.1 Å². The Morgan fingerprint density at radius 3 is 2.10 bits per heavy atom. The molecule has 0 atom stereocenters. The summed E-state index contributed by atoms with van der Waals surface area (Å²) in [6, 6.07) is 7.71. The van der Waals surface area contributed by atoms with Gasteiger partial charge in [0.25, 0.3) is 20.0 Å². The van der Waals surface area contributed by atoms with Gasteiger partial charge in [-0.05, 0) is 74.6 Å². The van der Waals surface area contributed by atoms with Gasteiger partial charge in [-0.2, -0.15) is 0 Å². The van der Waals surface area contributed by atoms with Gasteiger partial charge in [0.05, 0.1) is 15.5 Å². The lowest BCUT2D eigenvalue weighted by atomic mass is 10.0. The summed E-state index contributed by atoms with van der Waals surface area (Å²) in [5, 5.41) is 0. The van der Waals surface area contributed by atoms with Gasteiger partial charge in [0.1, 0.15) is 5.84 Å². The Morgan fingerprint density at radius 2 is 1.52 bits per heavy atom. The van der Waals surface area contributed by atoms with Crippen LogP contribution in [0.25, 0.3) is 0 Å². The molecule has 0 unspecified atom stereocenters. The van der Waals surface area contributed by atoms with E-state index in [-0.39, 0.29) is 15.5 Å². The monoisotopic (exact) mass is 435 g/mol. The smallest absolute Gasteiger partial charge is 0.262 e. The SMILES string of the molecule is Cc1cc(C)c(C)c(S(=O)(=O)Nc2cccc(S(=O)(=O)NC3=NCCC3)c2)c1C. The second kappa shape index (κ2) is 7.79. The number of rotatable bonds is 5. The topological polar surface area (TPSA) is 105 Å². The third-order valence-corrected chi connectivity index (χ3v) is 8.12. The molecule has 0 saturated carbocycles. The van der Waals surface area contributed by atoms with E-state index in [1.165, 1.54) is 24.3 Å². The number of benzene rings is 2. The molecule has 0 aliphatic carbocycles. The molecule has 0 aromatic heterocycles. The van der Waals surface area contributed by atoms with Crippen molar-refractivity contribution in [1.82, 2.24) is 4.72 Å². The van der Waals surface area contributed by atoms with Crippen LogP contribution in [0.2, 0.25) is 0 Å². The molecule has 0 fully saturated rings. The zero-order valence-corrected chi connectivity index (χ0v) is 18.5. The van der Waals surface area contributed by atoms with Gasteiger partial charge in [0.15, 0.2) is 0 Å². The molecule has 3 rings (SSSR count). The average Bonchev–Trinajstić information content (AvgIpc) is 3.12. The van der Waals surface area contributed by atoms with E-state index in [9.17, 15) is 16.8 Å². The van der Waals surface area contributed by atoms with E-state index in [1.807, 2.05) is 19.9 Å². The maximum absolute atomic E-state index is 13.1. The molecular formula is C20H25N3O4S2. The van der Waals surface area contributed by atoms with Crippen LogP contribution in [0.3, 0.4) is 0 Å². The molecule has 0 spiro atoms. The fourth-order valence-corrected chi connectivity index (χ4v) is 6.16. The van der Waals surface area contributed by atoms with E-state index < -0.39 is 20.0 Å². The van der Waals surface area contributed by atoms with Crippen LogP contribution in [0.15, 0.2) is 45.1 Å². The summed E-state index contributed by atoms with van der Waals surface area (Å²) in [7, 11) is -7.73. The molecule has 2 N–H and O–H groups in total. The molecule has 29 heavy (non-hydrogen) atoms. The summed E-state index contributed by atoms with van der Waals surface area (Å²) in [6.07, 6.45) is 1.39. The Kier molecular flexibility index (Phi) is 5.73. The van der Waals surface area contributed by atoms with Crippen LogP contribution < -0.4 is 9.44 Å². The molecule has 0 saturated heterocycles. The van der Waals surface area contributed by atoms with Gasteiger partial charge in [-0.3, -0.25) is 14.4 Å². The van der Waals surface area contributed by atoms with Crippen LogP contribution in [0.4, 0.5) is 5.69 Å². The highest BCUT2D eigenvalue weighted by atomic mass is 32.2. The Bertz CT molecular complexity index is 1170. The minimum absolute atomic E-state index is 0.0267. The van der Waals surface area contributed by atoms with Crippen molar-refractivity contribution < 1.29 is 16.8 Å². The number of nitrogens with zero attached hydrogens (tertiary/aromatic N) is 1. The number of amidine groups is 1. The minimum Gasteiger partial charge on any atom is -0.280 e. The zero-order chi connectivity index (χ0) is 21.4. The first-order valence-electron chi connectivity index (χ1n) is 9.28. The Labute approximate surface area is 172 Å². The van der Waals surface area contributed by atoms with Gasteiger partial charge in [-0.25, -0.2) is 16.8 Å². The van der Waals surface area contributed by atoms with E-state index in [1.54, 1.807) is 13.8 Å². The number of nitrogens with one attached hydrogen (secondary N) is 2. The number of anilines is 1. The summed E-state index contributed by atoms with van der Waals surface area (Å²) in [5.74, 6) is 0.428. The van der Waals surface area contributed by atoms with E-state index in [0.717, 1.165) is 17.5 Å². The van der Waals surface area contributed by atoms with Crippen LogP contribution in [-0.2, 0) is 20.0 Å². The second-order valence-electron chi connectivity index (χ2n) is 7.26. The highest BCUT2D eigenvalue weighted by molar-refractivity contribution is 7.93. The molecule has 7 nitrogen and oxygen atoms in total. The van der Waals surface area contributed by atoms with Crippen molar-refractivity contribution in [3.05, 3.63) is 52.6 Å². The summed E-state index contributed by atoms with van der Waals surface area (Å²) in [5.41, 5.74) is 3.28. The first-order valence-corrected chi connectivity index (χ1v) is 12.2. The summed E-state index contributed by atoms with van der Waals surface area (Å²) < 4.78 is 56.4. The number of hydrogen-bond acceptors (Lipinski definition) is 5. The van der Waals surface area contributed by atoms with Gasteiger partial charge >= 0.3 is 0 Å². The van der Waals surface area contributed by atoms with Gasteiger partial charge in [-0.15, -0.1) is 0 Å². The lowest BCUT2D eigenvalue weighted by molar-refractivity contribution is 0.591. The fraction of sp³-hybridized carbons (Fsp3) is 0.350. The van der Waals surface area contributed by atoms with E-state index in [2.05, 4.69) is 14.4 Å². The quantitative estimate of drug-likeness (QED) is 0.752. The van der Waals surface area contributed by atoms with Crippen molar-refractivity contribution in [2.45, 2.75) is 50.3 Å². The highest BCUT2D eigenvalue weighted by Gasteiger charge is 2.23. The Morgan fingerprint density at radius 1 is 0.862 bits per heavy atom. The molecule has 2 aromatic rings. The molecule has 0 radical (unpaired) electrons.